The molecule has 0 aromatic carbocycles. The molecule has 1 spiro atoms. The van der Waals surface area contributed by atoms with Crippen molar-refractivity contribution in [3.05, 3.63) is 0 Å². The molecule has 0 aromatic rings. The zero-order valence-electron chi connectivity index (χ0n) is 17.4. The Hall–Kier alpha value is -0.160. The van der Waals surface area contributed by atoms with Gasteiger partial charge in [-0.25, -0.2) is 0 Å². The van der Waals surface area contributed by atoms with Gasteiger partial charge in [-0.05, 0) is 74.5 Å². The predicted octanol–water partition coefficient (Wildman–Crippen LogP) is 3.88. The van der Waals surface area contributed by atoms with E-state index in [1.165, 1.54) is 0 Å². The molecule has 4 nitrogen and oxygen atoms in total. The second kappa shape index (κ2) is 5.93. The Labute approximate surface area is 164 Å². The number of aliphatic hydroxyl groups is 2. The molecule has 1 aliphatic heterocycles. The third-order valence-electron chi connectivity index (χ3n) is 10.1. The quantitative estimate of drug-likeness (QED) is 0.671. The molecule has 5 rings (SSSR count). The fourth-order valence-corrected chi connectivity index (χ4v) is 8.25. The summed E-state index contributed by atoms with van der Waals surface area (Å²) in [6, 6.07) is 0. The summed E-state index contributed by atoms with van der Waals surface area (Å²) in [5, 5.41) is 22.4. The molecule has 1 saturated heterocycles. The topological polar surface area (TPSA) is 58.9 Å². The maximum Gasteiger partial charge on any atom is 0.173 e. The van der Waals surface area contributed by atoms with Crippen molar-refractivity contribution in [1.29, 1.82) is 0 Å². The lowest BCUT2D eigenvalue weighted by Gasteiger charge is -2.66. The molecule has 5 aliphatic rings. The molecule has 27 heavy (non-hydrogen) atoms. The molecule has 2 N–H and O–H groups in total. The van der Waals surface area contributed by atoms with E-state index in [0.717, 1.165) is 71.0 Å². The van der Waals surface area contributed by atoms with Crippen LogP contribution in [0.15, 0.2) is 0 Å². The maximum atomic E-state index is 12.2. The number of fused-ring (bicyclic) bond motifs is 6. The standard InChI is InChI=1S/C23H38O4/c1-15-13-26-23(27-14-15)9-7-18-19-5-4-16-12-17(24)6-8-20(16,2)22(19,25)11-10-21(18,23)3/h15-19,24-25H,4-14H2,1-3H3/t15?,16-,17-,18?,19?,20+,21+,22-,23?/m1/s1. The van der Waals surface area contributed by atoms with E-state index < -0.39 is 11.4 Å². The first-order valence-electron chi connectivity index (χ1n) is 11.4. The lowest BCUT2D eigenvalue weighted by Crippen LogP contribution is -2.67. The Morgan fingerprint density at radius 2 is 1.56 bits per heavy atom. The molecule has 154 valence electrons. The number of hydrogen-bond donors (Lipinski definition) is 2. The van der Waals surface area contributed by atoms with Gasteiger partial charge in [-0.15, -0.1) is 0 Å². The number of rotatable bonds is 0. The lowest BCUT2D eigenvalue weighted by atomic mass is 9.42. The van der Waals surface area contributed by atoms with Crippen molar-refractivity contribution in [2.45, 2.75) is 96.1 Å². The van der Waals surface area contributed by atoms with Crippen molar-refractivity contribution >= 4 is 0 Å². The molecule has 0 aromatic heterocycles. The molecule has 0 amide bonds. The van der Waals surface area contributed by atoms with Crippen molar-refractivity contribution in [2.75, 3.05) is 13.2 Å². The minimum Gasteiger partial charge on any atom is -0.393 e. The second-order valence-electron chi connectivity index (χ2n) is 11.2. The fraction of sp³-hybridized carbons (Fsp3) is 1.00. The molecule has 2 unspecified atom stereocenters. The van der Waals surface area contributed by atoms with Crippen LogP contribution in [0.3, 0.4) is 0 Å². The van der Waals surface area contributed by atoms with Crippen molar-refractivity contribution in [2.24, 2.45) is 34.5 Å². The van der Waals surface area contributed by atoms with Crippen LogP contribution in [0, 0.1) is 34.5 Å². The number of aliphatic hydroxyl groups excluding tert-OH is 1. The summed E-state index contributed by atoms with van der Waals surface area (Å²) in [5.41, 5.74) is -0.621. The Bertz CT molecular complexity index is 599. The first kappa shape index (κ1) is 18.8. The van der Waals surface area contributed by atoms with E-state index in [4.69, 9.17) is 9.47 Å². The Morgan fingerprint density at radius 1 is 0.815 bits per heavy atom. The number of hydrogen-bond acceptors (Lipinski definition) is 4. The van der Waals surface area contributed by atoms with E-state index in [-0.39, 0.29) is 16.9 Å². The minimum absolute atomic E-state index is 0.0153. The molecule has 1 heterocycles. The average molecular weight is 379 g/mol. The normalized spacial score (nSPS) is 60.6. The number of ether oxygens (including phenoxy) is 2. The molecule has 7 atom stereocenters. The maximum absolute atomic E-state index is 12.2. The highest BCUT2D eigenvalue weighted by Crippen LogP contribution is 2.70. The van der Waals surface area contributed by atoms with Gasteiger partial charge in [-0.1, -0.05) is 20.8 Å². The summed E-state index contributed by atoms with van der Waals surface area (Å²) in [4.78, 5) is 0. The third kappa shape index (κ3) is 2.30. The summed E-state index contributed by atoms with van der Waals surface area (Å²) in [6.45, 7) is 8.52. The molecule has 0 bridgehead atoms. The highest BCUT2D eigenvalue weighted by molar-refractivity contribution is 5.18. The summed E-state index contributed by atoms with van der Waals surface area (Å²) >= 11 is 0. The monoisotopic (exact) mass is 378 g/mol. The minimum atomic E-state index is -0.590. The molecule has 4 heteroatoms. The summed E-state index contributed by atoms with van der Waals surface area (Å²) in [5.74, 6) is 1.34. The zero-order valence-corrected chi connectivity index (χ0v) is 17.4. The van der Waals surface area contributed by atoms with Gasteiger partial charge in [-0.2, -0.15) is 0 Å². The van der Waals surface area contributed by atoms with Crippen LogP contribution in [0.2, 0.25) is 0 Å². The van der Waals surface area contributed by atoms with Crippen LogP contribution >= 0.6 is 0 Å². The average Bonchev–Trinajstić information content (AvgIpc) is 2.92. The van der Waals surface area contributed by atoms with Crippen LogP contribution in [0.5, 0.6) is 0 Å². The van der Waals surface area contributed by atoms with Gasteiger partial charge in [0.2, 0.25) is 0 Å². The van der Waals surface area contributed by atoms with E-state index in [9.17, 15) is 10.2 Å². The van der Waals surface area contributed by atoms with Crippen molar-refractivity contribution in [1.82, 2.24) is 0 Å². The molecule has 4 aliphatic carbocycles. The zero-order chi connectivity index (χ0) is 19.1. The molecule has 0 radical (unpaired) electrons. The fourth-order valence-electron chi connectivity index (χ4n) is 8.25. The van der Waals surface area contributed by atoms with E-state index >= 15 is 0 Å². The van der Waals surface area contributed by atoms with Crippen LogP contribution in [-0.4, -0.2) is 40.9 Å². The van der Waals surface area contributed by atoms with E-state index in [2.05, 4.69) is 20.8 Å². The molecule has 4 saturated carbocycles. The second-order valence-corrected chi connectivity index (χ2v) is 11.2. The van der Waals surface area contributed by atoms with Crippen LogP contribution < -0.4 is 0 Å². The van der Waals surface area contributed by atoms with E-state index in [0.29, 0.717) is 23.7 Å². The van der Waals surface area contributed by atoms with Gasteiger partial charge in [0.15, 0.2) is 5.79 Å². The highest BCUT2D eigenvalue weighted by atomic mass is 16.7. The largest absolute Gasteiger partial charge is 0.393 e. The van der Waals surface area contributed by atoms with Gasteiger partial charge in [0.1, 0.15) is 0 Å². The summed E-state index contributed by atoms with van der Waals surface area (Å²) in [7, 11) is 0. The summed E-state index contributed by atoms with van der Waals surface area (Å²) in [6.07, 6.45) is 8.70. The van der Waals surface area contributed by atoms with Gasteiger partial charge in [0.05, 0.1) is 24.9 Å². The molecule has 5 fully saturated rings. The summed E-state index contributed by atoms with van der Waals surface area (Å²) < 4.78 is 12.9. The van der Waals surface area contributed by atoms with Crippen LogP contribution in [0.1, 0.15) is 78.6 Å². The van der Waals surface area contributed by atoms with Gasteiger partial charge in [0.25, 0.3) is 0 Å². The smallest absolute Gasteiger partial charge is 0.173 e. The van der Waals surface area contributed by atoms with E-state index in [1.54, 1.807) is 0 Å². The Balaban J connectivity index is 1.46. The lowest BCUT2D eigenvalue weighted by molar-refractivity contribution is -0.344. The first-order valence-corrected chi connectivity index (χ1v) is 11.4. The Kier molecular flexibility index (Phi) is 4.14. The molecular weight excluding hydrogens is 340 g/mol. The van der Waals surface area contributed by atoms with E-state index in [1.807, 2.05) is 0 Å². The Morgan fingerprint density at radius 3 is 2.30 bits per heavy atom. The molecular formula is C23H38O4. The van der Waals surface area contributed by atoms with Crippen molar-refractivity contribution < 1.29 is 19.7 Å². The van der Waals surface area contributed by atoms with Gasteiger partial charge >= 0.3 is 0 Å². The SMILES string of the molecule is CC1COC2(CCC3C4CC[C@@H]5C[C@H](O)CC[C@]5(C)[C@@]4(O)CC[C@@]32C)OC1. The van der Waals surface area contributed by atoms with Gasteiger partial charge in [-0.3, -0.25) is 0 Å². The highest BCUT2D eigenvalue weighted by Gasteiger charge is 2.71. The van der Waals surface area contributed by atoms with Crippen LogP contribution in [0.25, 0.3) is 0 Å². The van der Waals surface area contributed by atoms with Crippen LogP contribution in [0.4, 0.5) is 0 Å². The predicted molar refractivity (Wildman–Crippen MR) is 103 cm³/mol. The third-order valence-corrected chi connectivity index (χ3v) is 10.1. The van der Waals surface area contributed by atoms with Crippen molar-refractivity contribution in [3.63, 3.8) is 0 Å². The van der Waals surface area contributed by atoms with Crippen LogP contribution in [-0.2, 0) is 9.47 Å². The first-order chi connectivity index (χ1) is 12.7. The van der Waals surface area contributed by atoms with Gasteiger partial charge < -0.3 is 19.7 Å². The van der Waals surface area contributed by atoms with Crippen molar-refractivity contribution in [3.8, 4) is 0 Å². The van der Waals surface area contributed by atoms with Gasteiger partial charge in [0, 0.05) is 17.8 Å².